The van der Waals surface area contributed by atoms with Gasteiger partial charge >= 0.3 is 0 Å². The first kappa shape index (κ1) is 15.2. The Hall–Kier alpha value is -0.730. The van der Waals surface area contributed by atoms with Crippen LogP contribution in [-0.2, 0) is 12.8 Å². The van der Waals surface area contributed by atoms with Crippen molar-refractivity contribution in [1.29, 1.82) is 0 Å². The van der Waals surface area contributed by atoms with Crippen molar-refractivity contribution >= 4 is 11.6 Å². The smallest absolute Gasteiger partial charge is 0.125 e. The van der Waals surface area contributed by atoms with E-state index in [-0.39, 0.29) is 0 Å². The van der Waals surface area contributed by atoms with Gasteiger partial charge in [0.25, 0.3) is 0 Å². The number of fused-ring (bicyclic) bond motifs is 1. The lowest BCUT2D eigenvalue weighted by Gasteiger charge is -2.30. The normalized spacial score (nSPS) is 24.7. The van der Waals surface area contributed by atoms with Crippen LogP contribution in [0.25, 0.3) is 0 Å². The van der Waals surface area contributed by atoms with Crippen LogP contribution in [0.4, 0.5) is 0 Å². The SMILES string of the molecule is CCCNC1CCCC(Cc2cc(Cl)cc3c2OCC3)C1. The Morgan fingerprint density at radius 2 is 2.24 bits per heavy atom. The van der Waals surface area contributed by atoms with Crippen LogP contribution < -0.4 is 10.1 Å². The quantitative estimate of drug-likeness (QED) is 0.872. The maximum absolute atomic E-state index is 6.28. The average molecular weight is 308 g/mol. The summed E-state index contributed by atoms with van der Waals surface area (Å²) in [6.07, 6.45) is 8.65. The molecule has 1 heterocycles. The van der Waals surface area contributed by atoms with Gasteiger partial charge in [-0.25, -0.2) is 0 Å². The largest absolute Gasteiger partial charge is 0.493 e. The van der Waals surface area contributed by atoms with Crippen molar-refractivity contribution in [3.05, 3.63) is 28.3 Å². The second-order valence-electron chi connectivity index (χ2n) is 6.54. The minimum atomic E-state index is 0.705. The maximum Gasteiger partial charge on any atom is 0.125 e. The molecule has 1 fully saturated rings. The van der Waals surface area contributed by atoms with E-state index in [1.807, 2.05) is 0 Å². The highest BCUT2D eigenvalue weighted by Crippen LogP contribution is 2.36. The molecule has 116 valence electrons. The number of halogens is 1. The number of ether oxygens (including phenoxy) is 1. The predicted molar refractivity (Wildman–Crippen MR) is 88.4 cm³/mol. The fraction of sp³-hybridized carbons (Fsp3) is 0.667. The standard InChI is InChI=1S/C18H26ClNO/c1-2-7-20-17-5-3-4-13(10-17)9-15-12-16(19)11-14-6-8-21-18(14)15/h11-13,17,20H,2-10H2,1H3. The van der Waals surface area contributed by atoms with Crippen LogP contribution in [0, 0.1) is 5.92 Å². The molecule has 1 saturated carbocycles. The summed E-state index contributed by atoms with van der Waals surface area (Å²) in [7, 11) is 0. The molecule has 2 atom stereocenters. The molecule has 0 amide bonds. The van der Waals surface area contributed by atoms with E-state index in [4.69, 9.17) is 16.3 Å². The molecule has 21 heavy (non-hydrogen) atoms. The molecule has 1 aromatic rings. The predicted octanol–water partition coefficient (Wildman–Crippen LogP) is 4.38. The first-order valence-corrected chi connectivity index (χ1v) is 8.81. The topological polar surface area (TPSA) is 21.3 Å². The molecule has 2 unspecified atom stereocenters. The third-order valence-corrected chi connectivity index (χ3v) is 5.02. The summed E-state index contributed by atoms with van der Waals surface area (Å²) < 4.78 is 5.84. The Labute approximate surface area is 133 Å². The Morgan fingerprint density at radius 1 is 1.33 bits per heavy atom. The van der Waals surface area contributed by atoms with E-state index in [2.05, 4.69) is 24.4 Å². The van der Waals surface area contributed by atoms with Crippen LogP contribution in [0.15, 0.2) is 12.1 Å². The second kappa shape index (κ2) is 7.02. The van der Waals surface area contributed by atoms with Crippen LogP contribution in [0.2, 0.25) is 5.02 Å². The highest BCUT2D eigenvalue weighted by atomic mass is 35.5. The molecule has 3 heteroatoms. The van der Waals surface area contributed by atoms with Crippen LogP contribution in [0.3, 0.4) is 0 Å². The van der Waals surface area contributed by atoms with Crippen LogP contribution in [0.1, 0.15) is 50.2 Å². The zero-order valence-electron chi connectivity index (χ0n) is 13.0. The molecule has 0 aromatic heterocycles. The molecule has 2 aliphatic rings. The number of nitrogens with one attached hydrogen (secondary N) is 1. The monoisotopic (exact) mass is 307 g/mol. The zero-order valence-corrected chi connectivity index (χ0v) is 13.7. The lowest BCUT2D eigenvalue weighted by molar-refractivity contribution is 0.281. The number of rotatable bonds is 5. The lowest BCUT2D eigenvalue weighted by Crippen LogP contribution is -2.35. The third-order valence-electron chi connectivity index (χ3n) is 4.80. The summed E-state index contributed by atoms with van der Waals surface area (Å²) in [5, 5.41) is 4.56. The van der Waals surface area contributed by atoms with Gasteiger partial charge in [-0.1, -0.05) is 31.4 Å². The molecule has 0 spiro atoms. The molecule has 3 rings (SSSR count). The molecule has 1 aliphatic heterocycles. The zero-order chi connectivity index (χ0) is 14.7. The Bertz CT molecular complexity index is 488. The molecular weight excluding hydrogens is 282 g/mol. The van der Waals surface area contributed by atoms with Gasteiger partial charge in [0.2, 0.25) is 0 Å². The van der Waals surface area contributed by atoms with Crippen molar-refractivity contribution in [2.75, 3.05) is 13.2 Å². The van der Waals surface area contributed by atoms with E-state index < -0.39 is 0 Å². The van der Waals surface area contributed by atoms with Crippen LogP contribution in [0.5, 0.6) is 5.75 Å². The Balaban J connectivity index is 1.66. The highest BCUT2D eigenvalue weighted by Gasteiger charge is 2.25. The molecular formula is C18H26ClNO. The molecule has 1 aromatic carbocycles. The molecule has 2 nitrogen and oxygen atoms in total. The second-order valence-corrected chi connectivity index (χ2v) is 6.98. The fourth-order valence-corrected chi connectivity index (χ4v) is 4.08. The first-order valence-electron chi connectivity index (χ1n) is 8.43. The van der Waals surface area contributed by atoms with Gasteiger partial charge in [0.05, 0.1) is 6.61 Å². The molecule has 0 saturated heterocycles. The summed E-state index contributed by atoms with van der Waals surface area (Å²) in [4.78, 5) is 0. The number of hydrogen-bond donors (Lipinski definition) is 1. The van der Waals surface area contributed by atoms with Crippen molar-refractivity contribution < 1.29 is 4.74 Å². The molecule has 0 radical (unpaired) electrons. The van der Waals surface area contributed by atoms with Gasteiger partial charge in [0, 0.05) is 17.5 Å². The van der Waals surface area contributed by atoms with Gasteiger partial charge in [-0.3, -0.25) is 0 Å². The average Bonchev–Trinajstić information content (AvgIpc) is 2.94. The van der Waals surface area contributed by atoms with Crippen molar-refractivity contribution in [2.45, 2.75) is 57.9 Å². The van der Waals surface area contributed by atoms with Gasteiger partial charge < -0.3 is 10.1 Å². The van der Waals surface area contributed by atoms with Crippen molar-refractivity contribution in [2.24, 2.45) is 5.92 Å². The van der Waals surface area contributed by atoms with Gasteiger partial charge in [-0.2, -0.15) is 0 Å². The minimum Gasteiger partial charge on any atom is -0.493 e. The van der Waals surface area contributed by atoms with Crippen LogP contribution >= 0.6 is 11.6 Å². The lowest BCUT2D eigenvalue weighted by atomic mass is 9.81. The Kier molecular flexibility index (Phi) is 5.07. The van der Waals surface area contributed by atoms with Gasteiger partial charge in [0.15, 0.2) is 0 Å². The van der Waals surface area contributed by atoms with E-state index in [1.165, 1.54) is 43.2 Å². The van der Waals surface area contributed by atoms with Gasteiger partial charge in [-0.15, -0.1) is 0 Å². The number of hydrogen-bond acceptors (Lipinski definition) is 2. The highest BCUT2D eigenvalue weighted by molar-refractivity contribution is 6.30. The Morgan fingerprint density at radius 3 is 3.10 bits per heavy atom. The summed E-state index contributed by atoms with van der Waals surface area (Å²) in [5.74, 6) is 1.89. The summed E-state index contributed by atoms with van der Waals surface area (Å²) in [6.45, 7) is 4.20. The fourth-order valence-electron chi connectivity index (χ4n) is 3.82. The number of benzene rings is 1. The van der Waals surface area contributed by atoms with E-state index in [0.29, 0.717) is 6.04 Å². The van der Waals surface area contributed by atoms with Crippen molar-refractivity contribution in [3.8, 4) is 5.75 Å². The summed E-state index contributed by atoms with van der Waals surface area (Å²) in [5.41, 5.74) is 2.63. The first-order chi connectivity index (χ1) is 10.3. The molecule has 1 aliphatic carbocycles. The molecule has 0 bridgehead atoms. The van der Waals surface area contributed by atoms with Crippen molar-refractivity contribution in [1.82, 2.24) is 5.32 Å². The molecule has 1 N–H and O–H groups in total. The minimum absolute atomic E-state index is 0.705. The summed E-state index contributed by atoms with van der Waals surface area (Å²) in [6, 6.07) is 4.89. The maximum atomic E-state index is 6.28. The van der Waals surface area contributed by atoms with E-state index >= 15 is 0 Å². The summed E-state index contributed by atoms with van der Waals surface area (Å²) >= 11 is 6.28. The third kappa shape index (κ3) is 3.73. The van der Waals surface area contributed by atoms with Gasteiger partial charge in [-0.05, 0) is 61.4 Å². The van der Waals surface area contributed by atoms with Crippen LogP contribution in [-0.4, -0.2) is 19.2 Å². The van der Waals surface area contributed by atoms with Crippen molar-refractivity contribution in [3.63, 3.8) is 0 Å². The van der Waals surface area contributed by atoms with E-state index in [0.717, 1.165) is 42.7 Å². The van der Waals surface area contributed by atoms with E-state index in [9.17, 15) is 0 Å². The van der Waals surface area contributed by atoms with Gasteiger partial charge in [0.1, 0.15) is 5.75 Å². The van der Waals surface area contributed by atoms with E-state index in [1.54, 1.807) is 0 Å².